The summed E-state index contributed by atoms with van der Waals surface area (Å²) in [7, 11) is 0. The molecule has 0 unspecified atom stereocenters. The molecule has 3 rings (SSSR count). The van der Waals surface area contributed by atoms with E-state index in [2.05, 4.69) is 10.4 Å². The Hall–Kier alpha value is -3.63. The smallest absolute Gasteiger partial charge is 0.343 e. The second-order valence-electron chi connectivity index (χ2n) is 7.69. The summed E-state index contributed by atoms with van der Waals surface area (Å²) < 4.78 is 39.6. The molecule has 0 bridgehead atoms. The summed E-state index contributed by atoms with van der Waals surface area (Å²) in [5.41, 5.74) is 0.767. The molecular formula is C23H26F3N5O3. The number of carbonyl (C=O) groups excluding carboxylic acids is 3. The van der Waals surface area contributed by atoms with Gasteiger partial charge >= 0.3 is 6.18 Å². The number of alkyl halides is 3. The summed E-state index contributed by atoms with van der Waals surface area (Å²) in [5, 5.41) is 6.74. The molecule has 1 aromatic carbocycles. The van der Waals surface area contributed by atoms with Crippen molar-refractivity contribution < 1.29 is 27.6 Å². The van der Waals surface area contributed by atoms with Crippen molar-refractivity contribution in [2.75, 3.05) is 26.2 Å². The second-order valence-corrected chi connectivity index (χ2v) is 7.69. The van der Waals surface area contributed by atoms with Crippen molar-refractivity contribution in [3.8, 4) is 0 Å². The Morgan fingerprint density at radius 2 is 1.79 bits per heavy atom. The van der Waals surface area contributed by atoms with Crippen LogP contribution in [-0.4, -0.2) is 63.5 Å². The molecule has 0 spiro atoms. The van der Waals surface area contributed by atoms with Gasteiger partial charge in [0.05, 0.1) is 42.7 Å². The summed E-state index contributed by atoms with van der Waals surface area (Å²) in [4.78, 5) is 40.7. The van der Waals surface area contributed by atoms with E-state index in [-0.39, 0.29) is 24.9 Å². The largest absolute Gasteiger partial charge is 0.416 e. The normalized spacial score (nSPS) is 13.6. The lowest BCUT2D eigenvalue weighted by Gasteiger charge is -2.29. The molecule has 0 aliphatic carbocycles. The Bertz CT molecular complexity index is 1070. The van der Waals surface area contributed by atoms with Crippen LogP contribution in [0.1, 0.15) is 41.0 Å². The molecule has 3 amide bonds. The van der Waals surface area contributed by atoms with Gasteiger partial charge in [-0.25, -0.2) is 0 Å². The molecular weight excluding hydrogens is 451 g/mol. The van der Waals surface area contributed by atoms with Gasteiger partial charge in [-0.2, -0.15) is 18.3 Å². The highest BCUT2D eigenvalue weighted by molar-refractivity contribution is 5.96. The summed E-state index contributed by atoms with van der Waals surface area (Å²) in [5.74, 6) is -1.00. The maximum Gasteiger partial charge on any atom is 0.416 e. The Kier molecular flexibility index (Phi) is 7.75. The fourth-order valence-corrected chi connectivity index (χ4v) is 3.61. The Labute approximate surface area is 195 Å². The third kappa shape index (κ3) is 5.83. The molecule has 2 aromatic rings. The summed E-state index contributed by atoms with van der Waals surface area (Å²) in [6.07, 6.45) is -0.379. The lowest BCUT2D eigenvalue weighted by Crippen LogP contribution is -2.44. The van der Waals surface area contributed by atoms with E-state index in [0.29, 0.717) is 43.0 Å². The zero-order valence-electron chi connectivity index (χ0n) is 18.9. The number of nitrogens with one attached hydrogen (secondary N) is 1. The van der Waals surface area contributed by atoms with Crippen LogP contribution in [0.4, 0.5) is 13.2 Å². The summed E-state index contributed by atoms with van der Waals surface area (Å²) in [6.45, 7) is 5.70. The molecule has 0 saturated carbocycles. The molecule has 1 aliphatic rings. The molecule has 0 fully saturated rings. The van der Waals surface area contributed by atoms with Gasteiger partial charge in [-0.1, -0.05) is 12.1 Å². The molecule has 0 atom stereocenters. The topological polar surface area (TPSA) is 87.5 Å². The van der Waals surface area contributed by atoms with Crippen LogP contribution in [0, 0.1) is 0 Å². The van der Waals surface area contributed by atoms with E-state index >= 15 is 0 Å². The van der Waals surface area contributed by atoms with E-state index in [4.69, 9.17) is 0 Å². The number of carbonyl (C=O) groups is 3. The van der Waals surface area contributed by atoms with Gasteiger partial charge in [0.2, 0.25) is 11.8 Å². The van der Waals surface area contributed by atoms with Crippen LogP contribution in [0.25, 0.3) is 6.08 Å². The molecule has 2 heterocycles. The van der Waals surface area contributed by atoms with Crippen LogP contribution in [0.5, 0.6) is 0 Å². The van der Waals surface area contributed by atoms with Gasteiger partial charge in [-0.15, -0.1) is 0 Å². The standard InChI is InChI=1S/C23H26F3N5O3/c1-3-29(4-2)22(34)18-13-28-31-12-11-30(15-19(18)31)21(33)14-27-20(32)10-7-16-5-8-17(9-6-16)23(24,25)26/h5-10,13H,3-4,11-12,14-15H2,1-2H3,(H,27,32)/b10-7+. The van der Waals surface area contributed by atoms with Crippen LogP contribution in [0.2, 0.25) is 0 Å². The number of halogens is 3. The predicted octanol–water partition coefficient (Wildman–Crippen LogP) is 2.56. The van der Waals surface area contributed by atoms with Gasteiger partial charge in [0.25, 0.3) is 5.91 Å². The fourth-order valence-electron chi connectivity index (χ4n) is 3.61. The first kappa shape index (κ1) is 25.0. The lowest BCUT2D eigenvalue weighted by atomic mass is 10.1. The maximum atomic E-state index is 12.7. The first-order chi connectivity index (χ1) is 16.1. The lowest BCUT2D eigenvalue weighted by molar-refractivity contribution is -0.137. The zero-order chi connectivity index (χ0) is 24.9. The fraction of sp³-hybridized carbons (Fsp3) is 0.391. The highest BCUT2D eigenvalue weighted by atomic mass is 19.4. The van der Waals surface area contributed by atoms with Crippen LogP contribution in [0.15, 0.2) is 36.5 Å². The number of rotatable bonds is 7. The van der Waals surface area contributed by atoms with E-state index in [1.165, 1.54) is 24.4 Å². The third-order valence-corrected chi connectivity index (χ3v) is 5.58. The third-order valence-electron chi connectivity index (χ3n) is 5.58. The minimum Gasteiger partial charge on any atom is -0.343 e. The highest BCUT2D eigenvalue weighted by Crippen LogP contribution is 2.29. The number of nitrogens with zero attached hydrogens (tertiary/aromatic N) is 4. The molecule has 0 saturated heterocycles. The van der Waals surface area contributed by atoms with E-state index in [1.54, 1.807) is 14.5 Å². The summed E-state index contributed by atoms with van der Waals surface area (Å²) in [6, 6.07) is 4.38. The molecule has 34 heavy (non-hydrogen) atoms. The van der Waals surface area contributed by atoms with Crippen LogP contribution < -0.4 is 5.32 Å². The van der Waals surface area contributed by atoms with Crippen molar-refractivity contribution in [2.45, 2.75) is 33.1 Å². The van der Waals surface area contributed by atoms with Gasteiger partial charge in [0.15, 0.2) is 0 Å². The minimum atomic E-state index is -4.43. The average Bonchev–Trinajstić information content (AvgIpc) is 3.25. The highest BCUT2D eigenvalue weighted by Gasteiger charge is 2.30. The molecule has 0 radical (unpaired) electrons. The number of hydrogen-bond acceptors (Lipinski definition) is 4. The molecule has 8 nitrogen and oxygen atoms in total. The van der Waals surface area contributed by atoms with E-state index in [9.17, 15) is 27.6 Å². The van der Waals surface area contributed by atoms with Gasteiger partial charge < -0.3 is 15.1 Å². The Morgan fingerprint density at radius 1 is 1.12 bits per heavy atom. The van der Waals surface area contributed by atoms with Gasteiger partial charge in [-0.05, 0) is 37.6 Å². The monoisotopic (exact) mass is 477 g/mol. The molecule has 1 N–H and O–H groups in total. The summed E-state index contributed by atoms with van der Waals surface area (Å²) >= 11 is 0. The van der Waals surface area contributed by atoms with Crippen molar-refractivity contribution in [2.24, 2.45) is 0 Å². The first-order valence-electron chi connectivity index (χ1n) is 10.9. The van der Waals surface area contributed by atoms with Crippen LogP contribution >= 0.6 is 0 Å². The Morgan fingerprint density at radius 3 is 2.41 bits per heavy atom. The SMILES string of the molecule is CCN(CC)C(=O)c1cnn2c1CN(C(=O)CNC(=O)/C=C/c1ccc(C(F)(F)F)cc1)CC2. The number of amides is 3. The molecule has 182 valence electrons. The molecule has 11 heteroatoms. The van der Waals surface area contributed by atoms with Crippen molar-refractivity contribution >= 4 is 23.8 Å². The zero-order valence-corrected chi connectivity index (χ0v) is 18.9. The Balaban J connectivity index is 1.55. The predicted molar refractivity (Wildman–Crippen MR) is 118 cm³/mol. The number of hydrogen-bond donors (Lipinski definition) is 1. The average molecular weight is 477 g/mol. The van der Waals surface area contributed by atoms with Crippen molar-refractivity contribution in [1.82, 2.24) is 24.9 Å². The number of benzene rings is 1. The van der Waals surface area contributed by atoms with Crippen molar-refractivity contribution in [1.29, 1.82) is 0 Å². The van der Waals surface area contributed by atoms with Crippen molar-refractivity contribution in [3.63, 3.8) is 0 Å². The van der Waals surface area contributed by atoms with Crippen molar-refractivity contribution in [3.05, 3.63) is 58.9 Å². The van der Waals surface area contributed by atoms with E-state index < -0.39 is 17.6 Å². The molecule has 1 aliphatic heterocycles. The van der Waals surface area contributed by atoms with Crippen LogP contribution in [0.3, 0.4) is 0 Å². The van der Waals surface area contributed by atoms with Gasteiger partial charge in [0, 0.05) is 25.7 Å². The number of aromatic nitrogens is 2. The molecule has 1 aromatic heterocycles. The first-order valence-corrected chi connectivity index (χ1v) is 10.9. The number of fused-ring (bicyclic) bond motifs is 1. The van der Waals surface area contributed by atoms with E-state index in [0.717, 1.165) is 18.2 Å². The van der Waals surface area contributed by atoms with Gasteiger partial charge in [-0.3, -0.25) is 19.1 Å². The minimum absolute atomic E-state index is 0.137. The van der Waals surface area contributed by atoms with Gasteiger partial charge in [0.1, 0.15) is 0 Å². The maximum absolute atomic E-state index is 12.7. The van der Waals surface area contributed by atoms with E-state index in [1.807, 2.05) is 13.8 Å². The van der Waals surface area contributed by atoms with Crippen LogP contribution in [-0.2, 0) is 28.9 Å². The second kappa shape index (κ2) is 10.5. The quantitative estimate of drug-likeness (QED) is 0.621.